The molecule has 0 heterocycles. The van der Waals surface area contributed by atoms with Crippen LogP contribution in [-0.2, 0) is 0 Å². The van der Waals surface area contributed by atoms with Crippen LogP contribution in [0.25, 0.3) is 11.1 Å². The van der Waals surface area contributed by atoms with Gasteiger partial charge in [0.2, 0.25) is 0 Å². The summed E-state index contributed by atoms with van der Waals surface area (Å²) in [6.45, 7) is 0.936. The largest absolute Gasteiger partial charge is 0.207 e. The quantitative estimate of drug-likeness (QED) is 0.526. The van der Waals surface area contributed by atoms with Gasteiger partial charge in [-0.05, 0) is 24.6 Å². The van der Waals surface area contributed by atoms with Crippen molar-refractivity contribution in [3.05, 3.63) is 58.9 Å². The van der Waals surface area contributed by atoms with Crippen LogP contribution in [-0.4, -0.2) is 0 Å². The van der Waals surface area contributed by atoms with Gasteiger partial charge in [-0.15, -0.1) is 0 Å². The first kappa shape index (κ1) is 12.5. The highest BCUT2D eigenvalue weighted by Gasteiger charge is 2.23. The molecular formula is C13H7F5. The van der Waals surface area contributed by atoms with E-state index >= 15 is 0 Å². The molecule has 0 aliphatic heterocycles. The summed E-state index contributed by atoms with van der Waals surface area (Å²) in [6, 6.07) is 3.99. The lowest BCUT2D eigenvalue weighted by Gasteiger charge is -2.09. The van der Waals surface area contributed by atoms with Gasteiger partial charge in [-0.2, -0.15) is 0 Å². The topological polar surface area (TPSA) is 0 Å². The molecule has 0 radical (unpaired) electrons. The van der Waals surface area contributed by atoms with E-state index in [1.807, 2.05) is 0 Å². The van der Waals surface area contributed by atoms with Gasteiger partial charge in [-0.1, -0.05) is 12.1 Å². The summed E-state index contributed by atoms with van der Waals surface area (Å²) >= 11 is 0. The third kappa shape index (κ3) is 1.85. The van der Waals surface area contributed by atoms with Gasteiger partial charge >= 0.3 is 0 Å². The van der Waals surface area contributed by atoms with Crippen LogP contribution in [0.15, 0.2) is 24.3 Å². The maximum absolute atomic E-state index is 13.6. The summed E-state index contributed by atoms with van der Waals surface area (Å²) in [5, 5.41) is 0. The number of halogens is 5. The standard InChI is InChI=1S/C13H7F5/c1-6-10(15)12(17)9(13(18)11(6)16)7-2-4-8(14)5-3-7/h2-5H,1H3. The van der Waals surface area contributed by atoms with Gasteiger partial charge in [-0.3, -0.25) is 0 Å². The summed E-state index contributed by atoms with van der Waals surface area (Å²) in [5.41, 5.74) is -1.70. The van der Waals surface area contributed by atoms with Crippen LogP contribution in [0.4, 0.5) is 22.0 Å². The van der Waals surface area contributed by atoms with Crippen molar-refractivity contribution in [1.82, 2.24) is 0 Å². The van der Waals surface area contributed by atoms with Gasteiger partial charge in [0.05, 0.1) is 5.56 Å². The van der Waals surface area contributed by atoms with Crippen molar-refractivity contribution < 1.29 is 22.0 Å². The molecule has 18 heavy (non-hydrogen) atoms. The van der Waals surface area contributed by atoms with Crippen LogP contribution in [0.2, 0.25) is 0 Å². The first-order valence-corrected chi connectivity index (χ1v) is 5.02. The predicted octanol–water partition coefficient (Wildman–Crippen LogP) is 4.36. The molecule has 0 amide bonds. The zero-order valence-corrected chi connectivity index (χ0v) is 9.20. The van der Waals surface area contributed by atoms with Crippen LogP contribution in [0.1, 0.15) is 5.56 Å². The molecule has 2 aromatic rings. The van der Waals surface area contributed by atoms with Crippen molar-refractivity contribution in [2.24, 2.45) is 0 Å². The Labute approximate surface area is 99.7 Å². The predicted molar refractivity (Wildman–Crippen MR) is 56.4 cm³/mol. The summed E-state index contributed by atoms with van der Waals surface area (Å²) in [7, 11) is 0. The van der Waals surface area contributed by atoms with E-state index < -0.39 is 40.2 Å². The molecule has 0 saturated heterocycles. The minimum atomic E-state index is -1.49. The zero-order valence-electron chi connectivity index (χ0n) is 9.20. The fraction of sp³-hybridized carbons (Fsp3) is 0.0769. The van der Waals surface area contributed by atoms with E-state index in [0.29, 0.717) is 0 Å². The highest BCUT2D eigenvalue weighted by atomic mass is 19.2. The first-order chi connectivity index (χ1) is 8.43. The molecule has 0 atom stereocenters. The summed E-state index contributed by atoms with van der Waals surface area (Å²) in [4.78, 5) is 0. The Bertz CT molecular complexity index is 573. The van der Waals surface area contributed by atoms with E-state index in [1.165, 1.54) is 0 Å². The summed E-state index contributed by atoms with van der Waals surface area (Å²) < 4.78 is 66.6. The van der Waals surface area contributed by atoms with Crippen molar-refractivity contribution >= 4 is 0 Å². The van der Waals surface area contributed by atoms with Gasteiger partial charge in [-0.25, -0.2) is 22.0 Å². The Morgan fingerprint density at radius 1 is 0.667 bits per heavy atom. The lowest BCUT2D eigenvalue weighted by atomic mass is 10.0. The van der Waals surface area contributed by atoms with Gasteiger partial charge in [0.15, 0.2) is 23.3 Å². The zero-order chi connectivity index (χ0) is 13.4. The fourth-order valence-corrected chi connectivity index (χ4v) is 1.61. The van der Waals surface area contributed by atoms with Crippen LogP contribution < -0.4 is 0 Å². The van der Waals surface area contributed by atoms with Crippen molar-refractivity contribution in [1.29, 1.82) is 0 Å². The van der Waals surface area contributed by atoms with Crippen molar-refractivity contribution in [3.63, 3.8) is 0 Å². The summed E-state index contributed by atoms with van der Waals surface area (Å²) in [5.74, 6) is -6.50. The van der Waals surface area contributed by atoms with Gasteiger partial charge in [0.25, 0.3) is 0 Å². The van der Waals surface area contributed by atoms with Crippen LogP contribution in [0.5, 0.6) is 0 Å². The second kappa shape index (κ2) is 4.40. The molecule has 0 aliphatic rings. The van der Waals surface area contributed by atoms with Crippen LogP contribution in [0, 0.1) is 36.0 Å². The molecule has 0 aromatic heterocycles. The Kier molecular flexibility index (Phi) is 3.07. The van der Waals surface area contributed by atoms with E-state index in [4.69, 9.17) is 0 Å². The average molecular weight is 258 g/mol. The molecule has 94 valence electrons. The third-order valence-electron chi connectivity index (χ3n) is 2.62. The number of rotatable bonds is 1. The van der Waals surface area contributed by atoms with Crippen molar-refractivity contribution in [2.75, 3.05) is 0 Å². The molecule has 2 aromatic carbocycles. The van der Waals surface area contributed by atoms with E-state index in [1.54, 1.807) is 0 Å². The van der Waals surface area contributed by atoms with E-state index in [9.17, 15) is 22.0 Å². The molecule has 0 nitrogen and oxygen atoms in total. The van der Waals surface area contributed by atoms with Crippen molar-refractivity contribution in [3.8, 4) is 11.1 Å². The maximum Gasteiger partial charge on any atom is 0.170 e. The number of benzene rings is 2. The Morgan fingerprint density at radius 2 is 1.11 bits per heavy atom. The monoisotopic (exact) mass is 258 g/mol. The Hall–Kier alpha value is -1.91. The van der Waals surface area contributed by atoms with Crippen LogP contribution in [0.3, 0.4) is 0 Å². The Balaban J connectivity index is 2.75. The van der Waals surface area contributed by atoms with Crippen molar-refractivity contribution in [2.45, 2.75) is 6.92 Å². The molecule has 0 fully saturated rings. The minimum Gasteiger partial charge on any atom is -0.207 e. The van der Waals surface area contributed by atoms with E-state index in [0.717, 1.165) is 31.2 Å². The highest BCUT2D eigenvalue weighted by Crippen LogP contribution is 2.31. The normalized spacial score (nSPS) is 10.8. The molecule has 0 bridgehead atoms. The highest BCUT2D eigenvalue weighted by molar-refractivity contribution is 5.65. The van der Waals surface area contributed by atoms with E-state index in [2.05, 4.69) is 0 Å². The second-order valence-corrected chi connectivity index (χ2v) is 3.76. The Morgan fingerprint density at radius 3 is 1.56 bits per heavy atom. The number of hydrogen-bond donors (Lipinski definition) is 0. The van der Waals surface area contributed by atoms with Gasteiger partial charge in [0, 0.05) is 5.56 Å². The molecule has 5 heteroatoms. The molecule has 0 spiro atoms. The summed E-state index contributed by atoms with van der Waals surface area (Å²) in [6.07, 6.45) is 0. The van der Waals surface area contributed by atoms with E-state index in [-0.39, 0.29) is 5.56 Å². The molecule has 2 rings (SSSR count). The van der Waals surface area contributed by atoms with Gasteiger partial charge in [0.1, 0.15) is 5.82 Å². The number of hydrogen-bond acceptors (Lipinski definition) is 0. The van der Waals surface area contributed by atoms with Crippen LogP contribution >= 0.6 is 0 Å². The molecule has 0 aliphatic carbocycles. The first-order valence-electron chi connectivity index (χ1n) is 5.02. The molecule has 0 N–H and O–H groups in total. The molecule has 0 unspecified atom stereocenters. The second-order valence-electron chi connectivity index (χ2n) is 3.76. The SMILES string of the molecule is Cc1c(F)c(F)c(-c2ccc(F)cc2)c(F)c1F. The average Bonchev–Trinajstić information content (AvgIpc) is 2.36. The molecule has 0 saturated carbocycles. The fourth-order valence-electron chi connectivity index (χ4n) is 1.61. The van der Waals surface area contributed by atoms with Gasteiger partial charge < -0.3 is 0 Å². The smallest absolute Gasteiger partial charge is 0.170 e. The lowest BCUT2D eigenvalue weighted by Crippen LogP contribution is -2.03. The molecular weight excluding hydrogens is 251 g/mol. The maximum atomic E-state index is 13.6. The minimum absolute atomic E-state index is 0.135. The third-order valence-corrected chi connectivity index (χ3v) is 2.62. The lowest BCUT2D eigenvalue weighted by molar-refractivity contribution is 0.449.